The fourth-order valence-corrected chi connectivity index (χ4v) is 4.19. The molecule has 156 valence electrons. The number of halogens is 4. The third kappa shape index (κ3) is 3.61. The lowest BCUT2D eigenvalue weighted by Gasteiger charge is -2.13. The molecule has 2 N–H and O–H groups in total. The van der Waals surface area contributed by atoms with Gasteiger partial charge in [-0.25, -0.2) is 26.0 Å². The van der Waals surface area contributed by atoms with Crippen molar-refractivity contribution < 1.29 is 26.0 Å². The van der Waals surface area contributed by atoms with Gasteiger partial charge >= 0.3 is 0 Å². The van der Waals surface area contributed by atoms with Gasteiger partial charge in [0.15, 0.2) is 28.2 Å². The number of aromatic amines is 1. The molecule has 11 heteroatoms. The van der Waals surface area contributed by atoms with E-state index in [1.807, 2.05) is 18.6 Å². The van der Waals surface area contributed by atoms with Crippen molar-refractivity contribution in [3.05, 3.63) is 57.4 Å². The molecule has 1 heterocycles. The van der Waals surface area contributed by atoms with Gasteiger partial charge in [0.05, 0.1) is 10.9 Å². The van der Waals surface area contributed by atoms with Gasteiger partial charge in [0.25, 0.3) is 15.6 Å². The standard InChI is InChI=1S/C18H17F4N3O3S/c1-8(2)7-25-12-5-4-10(6-11(12)18(26)23-25)24-29(27,28)17-14(20)9(3)13(19)15(21)16(17)22/h4-6,8,24H,7H2,1-3H3,(H,23,26). The van der Waals surface area contributed by atoms with Crippen LogP contribution in [-0.2, 0) is 16.6 Å². The molecule has 3 aromatic rings. The molecule has 0 aliphatic rings. The van der Waals surface area contributed by atoms with Crippen molar-refractivity contribution in [2.75, 3.05) is 4.72 Å². The van der Waals surface area contributed by atoms with Gasteiger partial charge in [0, 0.05) is 17.8 Å². The first-order valence-corrected chi connectivity index (χ1v) is 10.00. The van der Waals surface area contributed by atoms with Gasteiger partial charge in [-0.3, -0.25) is 19.3 Å². The molecule has 2 aromatic carbocycles. The molecule has 3 rings (SSSR count). The Morgan fingerprint density at radius 3 is 2.34 bits per heavy atom. The van der Waals surface area contributed by atoms with E-state index in [0.717, 1.165) is 6.92 Å². The SMILES string of the molecule is Cc1c(F)c(F)c(F)c(S(=O)(=O)Nc2ccc3c(c2)c(=O)[nH]n3CC(C)C)c1F. The molecule has 0 bridgehead atoms. The highest BCUT2D eigenvalue weighted by atomic mass is 32.2. The summed E-state index contributed by atoms with van der Waals surface area (Å²) in [5.41, 5.74) is -1.12. The van der Waals surface area contributed by atoms with E-state index in [1.54, 1.807) is 4.68 Å². The zero-order valence-corrected chi connectivity index (χ0v) is 16.4. The van der Waals surface area contributed by atoms with Gasteiger partial charge in [0.1, 0.15) is 0 Å². The van der Waals surface area contributed by atoms with Crippen LogP contribution >= 0.6 is 0 Å². The summed E-state index contributed by atoms with van der Waals surface area (Å²) in [7, 11) is -4.96. The second-order valence-corrected chi connectivity index (χ2v) is 8.61. The minimum Gasteiger partial charge on any atom is -0.284 e. The number of rotatable bonds is 5. The smallest absolute Gasteiger partial charge is 0.272 e. The Bertz CT molecular complexity index is 1250. The molecule has 0 unspecified atom stereocenters. The van der Waals surface area contributed by atoms with E-state index in [4.69, 9.17) is 0 Å². The maximum atomic E-state index is 14.2. The highest BCUT2D eigenvalue weighted by Crippen LogP contribution is 2.29. The monoisotopic (exact) mass is 431 g/mol. The van der Waals surface area contributed by atoms with Gasteiger partial charge in [-0.15, -0.1) is 0 Å². The second-order valence-electron chi connectivity index (χ2n) is 6.99. The summed E-state index contributed by atoms with van der Waals surface area (Å²) < 4.78 is 83.7. The van der Waals surface area contributed by atoms with Crippen LogP contribution in [0.5, 0.6) is 0 Å². The number of aromatic nitrogens is 2. The predicted octanol–water partition coefficient (Wildman–Crippen LogP) is 3.65. The zero-order chi connectivity index (χ0) is 21.7. The first-order chi connectivity index (χ1) is 13.4. The highest BCUT2D eigenvalue weighted by molar-refractivity contribution is 7.92. The number of hydrogen-bond acceptors (Lipinski definition) is 3. The molecule has 0 fully saturated rings. The number of anilines is 1. The summed E-state index contributed by atoms with van der Waals surface area (Å²) in [6.45, 7) is 5.18. The molecule has 0 atom stereocenters. The van der Waals surface area contributed by atoms with Crippen LogP contribution in [0.1, 0.15) is 19.4 Å². The van der Waals surface area contributed by atoms with Gasteiger partial charge in [-0.05, 0) is 31.0 Å². The van der Waals surface area contributed by atoms with Crippen LogP contribution in [-0.4, -0.2) is 18.2 Å². The molecule has 0 amide bonds. The Hall–Kier alpha value is -2.82. The maximum Gasteiger partial charge on any atom is 0.272 e. The maximum absolute atomic E-state index is 14.2. The molecule has 6 nitrogen and oxygen atoms in total. The molecule has 1 aromatic heterocycles. The van der Waals surface area contributed by atoms with Gasteiger partial charge in [-0.1, -0.05) is 13.8 Å². The third-order valence-corrected chi connectivity index (χ3v) is 5.68. The van der Waals surface area contributed by atoms with Crippen molar-refractivity contribution >= 4 is 26.6 Å². The Morgan fingerprint density at radius 1 is 1.07 bits per heavy atom. The number of hydrogen-bond donors (Lipinski definition) is 2. The molecule has 0 saturated heterocycles. The molecule has 0 aliphatic heterocycles. The van der Waals surface area contributed by atoms with Crippen LogP contribution < -0.4 is 10.3 Å². The van der Waals surface area contributed by atoms with E-state index in [-0.39, 0.29) is 17.0 Å². The molecule has 29 heavy (non-hydrogen) atoms. The highest BCUT2D eigenvalue weighted by Gasteiger charge is 2.31. The van der Waals surface area contributed by atoms with Crippen LogP contribution in [0.4, 0.5) is 23.2 Å². The fourth-order valence-electron chi connectivity index (χ4n) is 2.93. The molecule has 0 aliphatic carbocycles. The van der Waals surface area contributed by atoms with Crippen LogP contribution in [0.2, 0.25) is 0 Å². The Balaban J connectivity index is 2.07. The van der Waals surface area contributed by atoms with Crippen LogP contribution in [0.25, 0.3) is 10.9 Å². The number of benzene rings is 2. The molecule has 0 radical (unpaired) electrons. The second kappa shape index (κ2) is 7.21. The number of fused-ring (bicyclic) bond motifs is 1. The fraction of sp³-hybridized carbons (Fsp3) is 0.278. The topological polar surface area (TPSA) is 84.0 Å². The largest absolute Gasteiger partial charge is 0.284 e. The molecular formula is C18H17F4N3O3S. The lowest BCUT2D eigenvalue weighted by molar-refractivity contribution is 0.405. The van der Waals surface area contributed by atoms with Gasteiger partial charge < -0.3 is 0 Å². The quantitative estimate of drug-likeness (QED) is 0.368. The Kier molecular flexibility index (Phi) is 5.20. The van der Waals surface area contributed by atoms with E-state index in [9.17, 15) is 30.8 Å². The first-order valence-electron chi connectivity index (χ1n) is 8.52. The van der Waals surface area contributed by atoms with Gasteiger partial charge in [0.2, 0.25) is 0 Å². The van der Waals surface area contributed by atoms with E-state index in [2.05, 4.69) is 5.10 Å². The summed E-state index contributed by atoms with van der Waals surface area (Å²) in [5, 5.41) is 2.76. The summed E-state index contributed by atoms with van der Waals surface area (Å²) >= 11 is 0. The summed E-state index contributed by atoms with van der Waals surface area (Å²) in [6, 6.07) is 3.92. The summed E-state index contributed by atoms with van der Waals surface area (Å²) in [4.78, 5) is 10.5. The number of nitrogens with one attached hydrogen (secondary N) is 2. The molecular weight excluding hydrogens is 414 g/mol. The van der Waals surface area contributed by atoms with E-state index < -0.39 is 49.3 Å². The van der Waals surface area contributed by atoms with Crippen molar-refractivity contribution in [2.24, 2.45) is 5.92 Å². The molecule has 0 saturated carbocycles. The number of H-pyrrole nitrogens is 1. The minimum atomic E-state index is -4.96. The van der Waals surface area contributed by atoms with Crippen molar-refractivity contribution in [3.63, 3.8) is 0 Å². The van der Waals surface area contributed by atoms with Gasteiger partial charge in [-0.2, -0.15) is 0 Å². The molecule has 0 spiro atoms. The van der Waals surface area contributed by atoms with Crippen LogP contribution in [0.15, 0.2) is 27.9 Å². The van der Waals surface area contributed by atoms with E-state index in [1.165, 1.54) is 18.2 Å². The summed E-state index contributed by atoms with van der Waals surface area (Å²) in [6.07, 6.45) is 0. The lowest BCUT2D eigenvalue weighted by atomic mass is 10.2. The predicted molar refractivity (Wildman–Crippen MR) is 99.2 cm³/mol. The third-order valence-electron chi connectivity index (χ3n) is 4.28. The normalized spacial score (nSPS) is 12.1. The van der Waals surface area contributed by atoms with Crippen LogP contribution in [0, 0.1) is 36.1 Å². The average molecular weight is 431 g/mol. The van der Waals surface area contributed by atoms with Crippen molar-refractivity contribution in [1.29, 1.82) is 0 Å². The Morgan fingerprint density at radius 2 is 1.72 bits per heavy atom. The zero-order valence-electron chi connectivity index (χ0n) is 15.6. The minimum absolute atomic E-state index is 0.147. The number of sulfonamides is 1. The van der Waals surface area contributed by atoms with E-state index >= 15 is 0 Å². The average Bonchev–Trinajstić information content (AvgIpc) is 2.92. The van der Waals surface area contributed by atoms with Crippen molar-refractivity contribution in [1.82, 2.24) is 9.78 Å². The van der Waals surface area contributed by atoms with Crippen LogP contribution in [0.3, 0.4) is 0 Å². The Labute approximate surface area is 163 Å². The first kappa shape index (κ1) is 20.9. The van der Waals surface area contributed by atoms with Crippen molar-refractivity contribution in [3.8, 4) is 0 Å². The van der Waals surface area contributed by atoms with E-state index in [0.29, 0.717) is 12.1 Å². The summed E-state index contributed by atoms with van der Waals surface area (Å²) in [5.74, 6) is -7.58. The number of nitrogens with zero attached hydrogens (tertiary/aromatic N) is 1. The lowest BCUT2D eigenvalue weighted by Crippen LogP contribution is -2.19. The van der Waals surface area contributed by atoms with Crippen molar-refractivity contribution in [2.45, 2.75) is 32.2 Å².